The average Bonchev–Trinajstić information content (AvgIpc) is 1.76. The molecule has 45 nitrogen and oxygen atoms in total. The number of azide groups is 7. The molecule has 0 amide bonds. The molecule has 4 aliphatic heterocycles. The molecule has 0 N–H and O–H groups in total. The second-order valence-corrected chi connectivity index (χ2v) is 21.6. The number of nitrogens with zero attached hydrogens (tertiary/aromatic N) is 21. The summed E-state index contributed by atoms with van der Waals surface area (Å²) in [5.74, 6) is -8.39. The maximum Gasteiger partial charge on any atom is 0.338 e. The predicted molar refractivity (Wildman–Crippen MR) is 340 cm³/mol. The minimum atomic E-state index is -2.25. The van der Waals surface area contributed by atoms with E-state index in [1.807, 2.05) is 0 Å². The van der Waals surface area contributed by atoms with Crippen LogP contribution in [-0.2, 0) is 105 Å². The molecule has 5 aliphatic rings. The molecule has 2 aromatic carbocycles. The fourth-order valence-electron chi connectivity index (χ4n) is 11.3. The SMILES string of the molecule is C.C.CC(=O)OC1[C@H](O[C@@H]2C(OC(C)=O)[C@H](N=[N+]=[N-])CC(N=[N+]=[N-])[C@H]2O[C@H]2OC(CN=[N+]=[N-])[C@@H](OC(C)=O)[C@H](OC(C)=O)C2N=[N+]=[N-])O[C@H](CO[C@@H]2O[C@H](CN=[N+]=[N-])[C@@H](OC(=O)c3ccccc3)C2OC(=O)c2ccccc2)[C@@H]1O[C@H]1O[C@@H](CN=[N+]=[N-])[C@@H](OC(C)=O)C(OC(C)=O)C1N=[N+]=[N-].[2HH].[B]. The van der Waals surface area contributed by atoms with Crippen molar-refractivity contribution < 1.29 is 116 Å². The van der Waals surface area contributed by atoms with Gasteiger partial charge in [-0.05, 0) is 69.4 Å². The van der Waals surface area contributed by atoms with Crippen LogP contribution in [0, 0.1) is 0 Å². The maximum absolute atomic E-state index is 14.0. The van der Waals surface area contributed by atoms with E-state index < -0.39 is 221 Å². The van der Waals surface area contributed by atoms with Gasteiger partial charge in [-0.25, -0.2) is 9.59 Å². The molecular formula is C56H71BN21O24. The van der Waals surface area contributed by atoms with Gasteiger partial charge in [0.05, 0.1) is 55.6 Å². The maximum atomic E-state index is 14.0. The Kier molecular flexibility index (Phi) is 33.1. The molecule has 5 fully saturated rings. The lowest BCUT2D eigenvalue weighted by Gasteiger charge is -2.48. The van der Waals surface area contributed by atoms with Gasteiger partial charge in [0.25, 0.3) is 0 Å². The Bertz CT molecular complexity index is 3640. The van der Waals surface area contributed by atoms with Crippen LogP contribution in [0.4, 0.5) is 0 Å². The zero-order valence-electron chi connectivity index (χ0n) is 53.4. The van der Waals surface area contributed by atoms with Crippen LogP contribution in [0.1, 0.15) is 85.0 Å². The highest BCUT2D eigenvalue weighted by molar-refractivity contribution is 5.90. The molecule has 1 aliphatic carbocycles. The Morgan fingerprint density at radius 3 is 1.11 bits per heavy atom. The number of carbonyl (C=O) groups excluding carboxylic acids is 8. The third-order valence-corrected chi connectivity index (χ3v) is 15.0. The number of benzene rings is 2. The van der Waals surface area contributed by atoms with Gasteiger partial charge in [0.1, 0.15) is 54.8 Å². The summed E-state index contributed by atoms with van der Waals surface area (Å²) in [6, 6.07) is 7.69. The van der Waals surface area contributed by atoms with E-state index >= 15 is 0 Å². The van der Waals surface area contributed by atoms with Crippen molar-refractivity contribution in [2.75, 3.05) is 26.2 Å². The molecule has 102 heavy (non-hydrogen) atoms. The number of hydrogen-bond donors (Lipinski definition) is 0. The van der Waals surface area contributed by atoms with Crippen molar-refractivity contribution in [1.29, 1.82) is 0 Å². The predicted octanol–water partition coefficient (Wildman–Crippen LogP) is 7.29. The fraction of sp³-hybridized carbons (Fsp3) is 0.643. The Balaban J connectivity index is 0.00000689. The Morgan fingerprint density at radius 2 is 0.706 bits per heavy atom. The molecular weight excluding hydrogens is 1360 g/mol. The highest BCUT2D eigenvalue weighted by Crippen LogP contribution is 2.42. The second kappa shape index (κ2) is 40.4. The van der Waals surface area contributed by atoms with Gasteiger partial charge in [-0.15, -0.1) is 0 Å². The molecule has 23 atom stereocenters. The van der Waals surface area contributed by atoms with Crippen LogP contribution in [0.2, 0.25) is 0 Å². The minimum Gasteiger partial charge on any atom is -0.459 e. The van der Waals surface area contributed by atoms with E-state index in [0.717, 1.165) is 41.5 Å². The molecule has 1 saturated carbocycles. The van der Waals surface area contributed by atoms with E-state index in [0.29, 0.717) is 0 Å². The van der Waals surface area contributed by atoms with Crippen LogP contribution in [-0.4, -0.2) is 223 Å². The van der Waals surface area contributed by atoms with Gasteiger partial charge in [-0.2, -0.15) is 0 Å². The Hall–Kier alpha value is -10.9. The zero-order valence-corrected chi connectivity index (χ0v) is 53.4. The average molecular weight is 1430 g/mol. The molecule has 8 unspecified atom stereocenters. The summed E-state index contributed by atoms with van der Waals surface area (Å²) in [5, 5.41) is 25.8. The summed E-state index contributed by atoms with van der Waals surface area (Å²) in [6.45, 7) is 2.60. The van der Waals surface area contributed by atoms with E-state index in [1.165, 1.54) is 48.5 Å². The van der Waals surface area contributed by atoms with Gasteiger partial charge in [0.15, 0.2) is 67.9 Å². The summed E-state index contributed by atoms with van der Waals surface area (Å²) < 4.78 is 97.3. The first-order valence-corrected chi connectivity index (χ1v) is 29.5. The quantitative estimate of drug-likeness (QED) is 0.0193. The van der Waals surface area contributed by atoms with Crippen molar-refractivity contribution in [3.8, 4) is 0 Å². The molecule has 2 aromatic rings. The van der Waals surface area contributed by atoms with Crippen LogP contribution < -0.4 is 0 Å². The Labute approximate surface area is 580 Å². The molecule has 0 bridgehead atoms. The van der Waals surface area contributed by atoms with Gasteiger partial charge in [0, 0.05) is 85.8 Å². The number of esters is 8. The summed E-state index contributed by atoms with van der Waals surface area (Å²) in [4.78, 5) is 126. The van der Waals surface area contributed by atoms with E-state index in [2.05, 4.69) is 70.2 Å². The van der Waals surface area contributed by atoms with Gasteiger partial charge < -0.3 is 75.8 Å². The minimum absolute atomic E-state index is 0. The summed E-state index contributed by atoms with van der Waals surface area (Å²) in [7, 11) is 0. The summed E-state index contributed by atoms with van der Waals surface area (Å²) >= 11 is 0. The smallest absolute Gasteiger partial charge is 0.338 e. The molecule has 547 valence electrons. The zero-order chi connectivity index (χ0) is 71.9. The largest absolute Gasteiger partial charge is 0.459 e. The first kappa shape index (κ1) is 83.5. The lowest BCUT2D eigenvalue weighted by molar-refractivity contribution is -0.309. The van der Waals surface area contributed by atoms with Gasteiger partial charge in [-0.3, -0.25) is 28.8 Å². The van der Waals surface area contributed by atoms with Crippen molar-refractivity contribution in [1.82, 2.24) is 0 Å². The van der Waals surface area contributed by atoms with Crippen LogP contribution >= 0.6 is 0 Å². The van der Waals surface area contributed by atoms with Crippen molar-refractivity contribution in [3.05, 3.63) is 145 Å². The highest BCUT2D eigenvalue weighted by Gasteiger charge is 2.60. The number of hydrogen-bond acceptors (Lipinski definition) is 31. The molecule has 0 spiro atoms. The van der Waals surface area contributed by atoms with E-state index in [9.17, 15) is 77.1 Å². The number of ether oxygens (including phenoxy) is 16. The lowest BCUT2D eigenvalue weighted by Crippen LogP contribution is -2.65. The van der Waals surface area contributed by atoms with Crippen molar-refractivity contribution >= 4 is 56.2 Å². The first-order valence-electron chi connectivity index (χ1n) is 29.5. The molecule has 7 rings (SSSR count). The van der Waals surface area contributed by atoms with Crippen molar-refractivity contribution in [3.63, 3.8) is 0 Å². The summed E-state index contributed by atoms with van der Waals surface area (Å²) in [5.41, 5.74) is 68.6. The van der Waals surface area contributed by atoms with Gasteiger partial charge >= 0.3 is 47.8 Å². The summed E-state index contributed by atoms with van der Waals surface area (Å²) in [6.07, 6.45) is -36.4. The first-order chi connectivity index (χ1) is 47.6. The molecule has 0 aromatic heterocycles. The van der Waals surface area contributed by atoms with Crippen LogP contribution in [0.3, 0.4) is 0 Å². The molecule has 4 saturated heterocycles. The van der Waals surface area contributed by atoms with E-state index in [1.54, 1.807) is 12.1 Å². The number of rotatable bonds is 29. The normalized spacial score (nSPS) is 30.9. The fourth-order valence-corrected chi connectivity index (χ4v) is 11.3. The Morgan fingerprint density at radius 1 is 0.382 bits per heavy atom. The second-order valence-electron chi connectivity index (χ2n) is 21.6. The van der Waals surface area contributed by atoms with Crippen molar-refractivity contribution in [2.24, 2.45) is 35.8 Å². The van der Waals surface area contributed by atoms with Crippen LogP contribution in [0.5, 0.6) is 0 Å². The lowest BCUT2D eigenvalue weighted by atomic mass is 9.83. The number of carbonyl (C=O) groups is 8. The van der Waals surface area contributed by atoms with E-state index in [-0.39, 0.29) is 35.8 Å². The molecule has 46 heteroatoms. The van der Waals surface area contributed by atoms with Crippen LogP contribution in [0.15, 0.2) is 96.5 Å². The van der Waals surface area contributed by atoms with Gasteiger partial charge in [-0.1, -0.05) is 87.1 Å². The van der Waals surface area contributed by atoms with Crippen LogP contribution in [0.25, 0.3) is 73.1 Å². The highest BCUT2D eigenvalue weighted by atomic mass is 16.8. The monoisotopic (exact) mass is 1430 g/mol. The van der Waals surface area contributed by atoms with E-state index in [4.69, 9.17) is 75.8 Å². The third-order valence-electron chi connectivity index (χ3n) is 15.0. The topological polar surface area (TPSA) is 626 Å². The third kappa shape index (κ3) is 21.8. The van der Waals surface area contributed by atoms with Crippen molar-refractivity contribution in [2.45, 2.75) is 204 Å². The van der Waals surface area contributed by atoms with Gasteiger partial charge in [0.2, 0.25) is 0 Å². The molecule has 4 heterocycles. The molecule has 3 radical (unpaired) electrons. The standard InChI is InChI=1S/C54H61N21O24.2CH4.B.H2/c1-22(76)85-38-30(65-72-58)17-31(66-73-59)39(97-51-36(67-74-60)44(88-25(4)79)40(86-23(2)77)32(91-51)18-62-69-55)46(38)99-54-48(90-27(6)81)43(98-52-37(68-75-61)45(89-26(5)80)41(87-24(3)78)33(92-52)19-63-70-56)35(94-54)21-84-53-47(96-50(83)29-15-11-8-12-16-29)42(34(93-53)20-64-71-57)95-49(82)28-13-9-7-10-14-28;;;;/h7-16,30-48,51-54H,17-21H2,1-6H3;2*1H4;;1H/t30-,31?,32?,33+,34-,35-,36?,37?,38?,39-,40-,41-,42-,43+,44-,45?,46-,47?,48?,51-,52-,53-,54+;;;;/m1..../s1/i;;;;1+1.